The molecule has 0 unspecified atom stereocenters. The van der Waals surface area contributed by atoms with Crippen molar-refractivity contribution in [3.8, 4) is 11.5 Å². The summed E-state index contributed by atoms with van der Waals surface area (Å²) in [5.74, 6) is 2.33. The highest BCUT2D eigenvalue weighted by Gasteiger charge is 2.05. The van der Waals surface area contributed by atoms with Crippen molar-refractivity contribution in [1.82, 2.24) is 15.2 Å². The molecule has 0 radical (unpaired) electrons. The molecule has 3 aromatic rings. The fraction of sp³-hybridized carbons (Fsp3) is 0.200. The number of rotatable bonds is 5. The molecule has 0 saturated carbocycles. The van der Waals surface area contributed by atoms with E-state index in [-0.39, 0.29) is 0 Å². The van der Waals surface area contributed by atoms with Crippen LogP contribution in [0.5, 0.6) is 11.5 Å². The topological polar surface area (TPSA) is 72.1 Å². The van der Waals surface area contributed by atoms with Gasteiger partial charge in [-0.3, -0.25) is 10.1 Å². The van der Waals surface area contributed by atoms with Crippen LogP contribution >= 0.6 is 0 Å². The summed E-state index contributed by atoms with van der Waals surface area (Å²) in [6.07, 6.45) is 1.68. The lowest BCUT2D eigenvalue weighted by atomic mass is 10.2. The Kier molecular flexibility index (Phi) is 3.59. The number of ether oxygens (including phenoxy) is 2. The summed E-state index contributed by atoms with van der Waals surface area (Å²) in [4.78, 5) is 4.26. The molecule has 1 aromatic carbocycles. The second-order valence-corrected chi connectivity index (χ2v) is 4.51. The van der Waals surface area contributed by atoms with Gasteiger partial charge in [0.1, 0.15) is 18.1 Å². The molecule has 0 amide bonds. The number of nitrogens with one attached hydrogen (secondary N) is 2. The molecule has 0 aliphatic heterocycles. The van der Waals surface area contributed by atoms with Gasteiger partial charge in [0, 0.05) is 18.5 Å². The second kappa shape index (κ2) is 5.70. The predicted octanol–water partition coefficient (Wildman–Crippen LogP) is 2.59. The van der Waals surface area contributed by atoms with E-state index in [0.29, 0.717) is 6.61 Å². The number of hydrogen-bond donors (Lipinski definition) is 2. The van der Waals surface area contributed by atoms with Crippen molar-refractivity contribution in [2.24, 2.45) is 0 Å². The number of aromatic nitrogens is 3. The Labute approximate surface area is 122 Å². The van der Waals surface area contributed by atoms with Crippen molar-refractivity contribution < 1.29 is 9.47 Å². The lowest BCUT2D eigenvalue weighted by molar-refractivity contribution is 0.301. The van der Waals surface area contributed by atoms with Gasteiger partial charge in [0.25, 0.3) is 0 Å². The van der Waals surface area contributed by atoms with E-state index < -0.39 is 0 Å². The molecule has 6 heteroatoms. The maximum atomic E-state index is 5.75. The molecular formula is C15H16N4O2. The van der Waals surface area contributed by atoms with Crippen molar-refractivity contribution in [2.75, 3.05) is 19.5 Å². The van der Waals surface area contributed by atoms with Crippen molar-refractivity contribution >= 4 is 16.7 Å². The molecule has 0 bridgehead atoms. The number of benzene rings is 1. The summed E-state index contributed by atoms with van der Waals surface area (Å²) in [7, 11) is 3.46. The van der Waals surface area contributed by atoms with Crippen molar-refractivity contribution in [2.45, 2.75) is 6.61 Å². The van der Waals surface area contributed by atoms with Crippen LogP contribution in [0.4, 0.5) is 5.82 Å². The van der Waals surface area contributed by atoms with E-state index in [1.54, 1.807) is 13.3 Å². The maximum absolute atomic E-state index is 5.75. The Hall–Kier alpha value is -2.76. The number of nitrogens with zero attached hydrogens (tertiary/aromatic N) is 2. The Morgan fingerprint density at radius 1 is 1.19 bits per heavy atom. The zero-order valence-corrected chi connectivity index (χ0v) is 11.9. The molecule has 2 N–H and O–H groups in total. The van der Waals surface area contributed by atoms with Crippen LogP contribution in [0.2, 0.25) is 0 Å². The second-order valence-electron chi connectivity index (χ2n) is 4.51. The number of aromatic amines is 1. The van der Waals surface area contributed by atoms with Crippen LogP contribution in [-0.4, -0.2) is 29.3 Å². The molecule has 0 aliphatic carbocycles. The summed E-state index contributed by atoms with van der Waals surface area (Å²) >= 11 is 0. The van der Waals surface area contributed by atoms with Gasteiger partial charge < -0.3 is 14.8 Å². The molecule has 6 nitrogen and oxygen atoms in total. The van der Waals surface area contributed by atoms with Gasteiger partial charge >= 0.3 is 0 Å². The number of methoxy groups -OCH3 is 1. The van der Waals surface area contributed by atoms with E-state index >= 15 is 0 Å². The van der Waals surface area contributed by atoms with Gasteiger partial charge in [0.05, 0.1) is 24.5 Å². The van der Waals surface area contributed by atoms with Crippen LogP contribution in [0, 0.1) is 0 Å². The lowest BCUT2D eigenvalue weighted by Crippen LogP contribution is -1.98. The first kappa shape index (κ1) is 13.2. The van der Waals surface area contributed by atoms with E-state index in [9.17, 15) is 0 Å². The summed E-state index contributed by atoms with van der Waals surface area (Å²) in [6, 6.07) is 9.56. The van der Waals surface area contributed by atoms with Crippen LogP contribution in [0.25, 0.3) is 10.9 Å². The smallest absolute Gasteiger partial charge is 0.155 e. The first-order valence-corrected chi connectivity index (χ1v) is 6.58. The quantitative estimate of drug-likeness (QED) is 0.753. The number of hydrogen-bond acceptors (Lipinski definition) is 5. The number of anilines is 1. The third-order valence-electron chi connectivity index (χ3n) is 3.19. The van der Waals surface area contributed by atoms with Gasteiger partial charge in [0.2, 0.25) is 0 Å². The lowest BCUT2D eigenvalue weighted by Gasteiger charge is -2.06. The minimum atomic E-state index is 0.405. The number of H-pyrrole nitrogens is 1. The molecule has 108 valence electrons. The fourth-order valence-corrected chi connectivity index (χ4v) is 2.05. The average molecular weight is 284 g/mol. The average Bonchev–Trinajstić information content (AvgIpc) is 2.95. The van der Waals surface area contributed by atoms with E-state index in [4.69, 9.17) is 9.47 Å². The van der Waals surface area contributed by atoms with E-state index in [0.717, 1.165) is 33.9 Å². The Bertz CT molecular complexity index is 737. The van der Waals surface area contributed by atoms with E-state index in [2.05, 4.69) is 20.5 Å². The minimum Gasteiger partial charge on any atom is -0.495 e. The summed E-state index contributed by atoms with van der Waals surface area (Å²) in [5.41, 5.74) is 1.77. The Morgan fingerprint density at radius 3 is 2.76 bits per heavy atom. The fourth-order valence-electron chi connectivity index (χ4n) is 2.05. The molecule has 0 atom stereocenters. The third-order valence-corrected chi connectivity index (χ3v) is 3.19. The van der Waals surface area contributed by atoms with Gasteiger partial charge in [-0.15, -0.1) is 0 Å². The summed E-state index contributed by atoms with van der Waals surface area (Å²) < 4.78 is 10.8. The SMILES string of the molecule is CNc1n[nH]c2cc(OCc3ccc(OC)cn3)ccc12. The van der Waals surface area contributed by atoms with Crippen LogP contribution in [0.3, 0.4) is 0 Å². The van der Waals surface area contributed by atoms with Gasteiger partial charge in [-0.1, -0.05) is 0 Å². The highest BCUT2D eigenvalue weighted by Crippen LogP contribution is 2.24. The number of fused-ring (bicyclic) bond motifs is 1. The molecule has 21 heavy (non-hydrogen) atoms. The molecule has 0 spiro atoms. The van der Waals surface area contributed by atoms with Crippen LogP contribution in [0.15, 0.2) is 36.5 Å². The van der Waals surface area contributed by atoms with Crippen molar-refractivity contribution in [1.29, 1.82) is 0 Å². The van der Waals surface area contributed by atoms with Gasteiger partial charge in [-0.05, 0) is 24.3 Å². The van der Waals surface area contributed by atoms with Gasteiger partial charge in [0.15, 0.2) is 5.82 Å². The molecule has 0 saturated heterocycles. The van der Waals surface area contributed by atoms with Gasteiger partial charge in [-0.25, -0.2) is 0 Å². The maximum Gasteiger partial charge on any atom is 0.155 e. The number of pyridine rings is 1. The van der Waals surface area contributed by atoms with Crippen LogP contribution in [0.1, 0.15) is 5.69 Å². The van der Waals surface area contributed by atoms with E-state index in [1.807, 2.05) is 37.4 Å². The Morgan fingerprint density at radius 2 is 2.05 bits per heavy atom. The molecular weight excluding hydrogens is 268 g/mol. The van der Waals surface area contributed by atoms with Crippen LogP contribution in [-0.2, 0) is 6.61 Å². The summed E-state index contributed by atoms with van der Waals surface area (Å²) in [6.45, 7) is 0.405. The highest BCUT2D eigenvalue weighted by molar-refractivity contribution is 5.90. The van der Waals surface area contributed by atoms with Crippen molar-refractivity contribution in [3.63, 3.8) is 0 Å². The largest absolute Gasteiger partial charge is 0.495 e. The Balaban J connectivity index is 1.72. The standard InChI is InChI=1S/C15H16N4O2/c1-16-15-13-6-5-11(7-14(13)18-19-15)21-9-10-3-4-12(20-2)8-17-10/h3-8H,9H2,1-2H3,(H2,16,18,19). The van der Waals surface area contributed by atoms with Crippen LogP contribution < -0.4 is 14.8 Å². The minimum absolute atomic E-state index is 0.405. The molecule has 2 aromatic heterocycles. The van der Waals surface area contributed by atoms with E-state index in [1.165, 1.54) is 0 Å². The molecule has 0 aliphatic rings. The summed E-state index contributed by atoms with van der Waals surface area (Å²) in [5, 5.41) is 11.2. The zero-order chi connectivity index (χ0) is 14.7. The third kappa shape index (κ3) is 2.74. The molecule has 3 rings (SSSR count). The first-order valence-electron chi connectivity index (χ1n) is 6.58. The van der Waals surface area contributed by atoms with Crippen molar-refractivity contribution in [3.05, 3.63) is 42.2 Å². The monoisotopic (exact) mass is 284 g/mol. The first-order chi connectivity index (χ1) is 10.3. The normalized spacial score (nSPS) is 10.6. The zero-order valence-electron chi connectivity index (χ0n) is 11.9. The molecule has 0 fully saturated rings. The highest BCUT2D eigenvalue weighted by atomic mass is 16.5. The predicted molar refractivity (Wildman–Crippen MR) is 80.8 cm³/mol. The van der Waals surface area contributed by atoms with Gasteiger partial charge in [-0.2, -0.15) is 5.10 Å². The molecule has 2 heterocycles.